The van der Waals surface area contributed by atoms with E-state index >= 15 is 0 Å². The minimum atomic E-state index is 0.539. The van der Waals surface area contributed by atoms with Gasteiger partial charge in [0.05, 0.1) is 19.2 Å². The zero-order chi connectivity index (χ0) is 71.8. The van der Waals surface area contributed by atoms with Gasteiger partial charge in [-0.3, -0.25) is 9.89 Å². The maximum Gasteiger partial charge on any atom is 0.0948 e. The van der Waals surface area contributed by atoms with Crippen LogP contribution >= 0.6 is 0 Å². The van der Waals surface area contributed by atoms with Gasteiger partial charge in [-0.15, -0.1) is 0 Å². The number of hydrogen-bond donors (Lipinski definition) is 0. The molecular weight excluding hydrogens is 1180 g/mol. The molecule has 0 radical (unpaired) electrons. The summed E-state index contributed by atoms with van der Waals surface area (Å²) in [5, 5.41) is 0. The molecule has 12 rings (SSSR count). The van der Waals surface area contributed by atoms with Crippen molar-refractivity contribution in [1.29, 1.82) is 0 Å². The SMILES string of the molecule is CC(C)N1C=CCC1.CC(C)N1C=CCC1.CC(C)N1C=CCC1.CC(C)N1C=CCC1.CC(C)N1C=NCC1.CC(C)N1CC=CC1.CC(C)N1CCCC1.CC(C)N1CCCC1.CC(C)N1CCCC1.CC(C)n1cccc1.CC(C)n1cccc1.CC(C)n1ccnc1. The summed E-state index contributed by atoms with van der Waals surface area (Å²) >= 11 is 0. The molecule has 0 spiro atoms. The fraction of sp³-hybridized carbons (Fsp3) is 0.732. The van der Waals surface area contributed by atoms with Crippen LogP contribution in [0.2, 0.25) is 0 Å². The predicted molar refractivity (Wildman–Crippen MR) is 424 cm³/mol. The minimum absolute atomic E-state index is 0.539. The van der Waals surface area contributed by atoms with E-state index in [0.717, 1.165) is 44.3 Å². The molecule has 0 aliphatic carbocycles. The van der Waals surface area contributed by atoms with Crippen LogP contribution in [0.4, 0.5) is 0 Å². The lowest BCUT2D eigenvalue weighted by Gasteiger charge is -2.19. The monoisotopic (exact) mass is 1340 g/mol. The molecule has 0 bridgehead atoms. The molecule has 552 valence electrons. The quantitative estimate of drug-likeness (QED) is 0.164. The predicted octanol–water partition coefficient (Wildman–Crippen LogP) is 18.5. The van der Waals surface area contributed by atoms with Crippen molar-refractivity contribution >= 4 is 6.34 Å². The van der Waals surface area contributed by atoms with Crippen molar-refractivity contribution in [2.75, 3.05) is 91.6 Å². The van der Waals surface area contributed by atoms with Gasteiger partial charge in [0.2, 0.25) is 0 Å². The molecule has 3 fully saturated rings. The molecule has 14 heteroatoms. The Bertz CT molecular complexity index is 2040. The first-order valence-electron chi connectivity index (χ1n) is 38.4. The van der Waals surface area contributed by atoms with Gasteiger partial charge in [0, 0.05) is 155 Å². The summed E-state index contributed by atoms with van der Waals surface area (Å²) in [4.78, 5) is 29.6. The number of likely N-dealkylation sites (tertiary alicyclic amines) is 3. The molecule has 3 aromatic heterocycles. The van der Waals surface area contributed by atoms with Gasteiger partial charge in [-0.2, -0.15) is 0 Å². The van der Waals surface area contributed by atoms with Crippen LogP contribution in [0.5, 0.6) is 0 Å². The number of imidazole rings is 1. The number of rotatable bonds is 12. The summed E-state index contributed by atoms with van der Waals surface area (Å²) in [6.07, 6.45) is 51.3. The summed E-state index contributed by atoms with van der Waals surface area (Å²) in [6.45, 7) is 70.4. The van der Waals surface area contributed by atoms with Gasteiger partial charge in [0.25, 0.3) is 0 Å². The molecule has 14 nitrogen and oxygen atoms in total. The van der Waals surface area contributed by atoms with Crippen molar-refractivity contribution in [3.63, 3.8) is 0 Å². The highest BCUT2D eigenvalue weighted by Gasteiger charge is 2.16. The first-order chi connectivity index (χ1) is 45.7. The van der Waals surface area contributed by atoms with Crippen LogP contribution in [-0.4, -0.2) is 215 Å². The summed E-state index contributed by atoms with van der Waals surface area (Å²) in [5.41, 5.74) is 0. The van der Waals surface area contributed by atoms with Crippen molar-refractivity contribution in [1.82, 2.24) is 62.8 Å². The topological polar surface area (TPSA) is 69.2 Å². The Morgan fingerprint density at radius 3 is 0.667 bits per heavy atom. The molecule has 0 unspecified atom stereocenters. The van der Waals surface area contributed by atoms with Crippen molar-refractivity contribution in [3.05, 3.63) is 129 Å². The second-order valence-electron chi connectivity index (χ2n) is 30.0. The second kappa shape index (κ2) is 53.9. The smallest absolute Gasteiger partial charge is 0.0948 e. The molecule has 9 aliphatic heterocycles. The van der Waals surface area contributed by atoms with Gasteiger partial charge in [-0.1, -0.05) is 36.5 Å². The van der Waals surface area contributed by atoms with Crippen LogP contribution in [0.15, 0.2) is 134 Å². The van der Waals surface area contributed by atoms with E-state index in [1.54, 1.807) is 6.20 Å². The van der Waals surface area contributed by atoms with E-state index < -0.39 is 0 Å². The average Bonchev–Trinajstić information content (AvgIpc) is 4.51. The van der Waals surface area contributed by atoms with E-state index in [2.05, 4.69) is 320 Å². The molecular formula is C82H154N14. The normalized spacial score (nSPS) is 17.8. The van der Waals surface area contributed by atoms with E-state index in [4.69, 9.17) is 0 Å². The van der Waals surface area contributed by atoms with Crippen LogP contribution < -0.4 is 0 Å². The first kappa shape index (κ1) is 89.0. The number of aromatic nitrogens is 4. The van der Waals surface area contributed by atoms with Crippen molar-refractivity contribution in [2.45, 2.75) is 303 Å². The molecule has 0 atom stereocenters. The molecule has 9 aliphatic rings. The minimum Gasteiger partial charge on any atom is -0.375 e. The summed E-state index contributed by atoms with van der Waals surface area (Å²) < 4.78 is 6.39. The molecule has 96 heavy (non-hydrogen) atoms. The highest BCUT2D eigenvalue weighted by atomic mass is 15.2. The fourth-order valence-electron chi connectivity index (χ4n) is 11.2. The summed E-state index contributed by atoms with van der Waals surface area (Å²) in [6, 6.07) is 16.3. The first-order valence-corrected chi connectivity index (χ1v) is 38.4. The van der Waals surface area contributed by atoms with Crippen LogP contribution in [0.25, 0.3) is 0 Å². The number of aliphatic imine (C=N–C) groups is 1. The molecule has 0 aromatic carbocycles. The van der Waals surface area contributed by atoms with Crippen molar-refractivity contribution in [2.24, 2.45) is 4.99 Å². The van der Waals surface area contributed by atoms with Gasteiger partial charge in [0.15, 0.2) is 0 Å². The van der Waals surface area contributed by atoms with E-state index in [1.165, 1.54) is 130 Å². The Balaban J connectivity index is 0.000000524. The molecule has 0 saturated carbocycles. The Hall–Kier alpha value is -5.02. The van der Waals surface area contributed by atoms with Gasteiger partial charge in [-0.25, -0.2) is 4.98 Å². The van der Waals surface area contributed by atoms with Crippen LogP contribution in [0, 0.1) is 0 Å². The third kappa shape index (κ3) is 42.7. The zero-order valence-electron chi connectivity index (χ0n) is 66.9. The number of hydrogen-bond acceptors (Lipinski definition) is 11. The molecule has 0 N–H and O–H groups in total. The average molecular weight is 1340 g/mol. The van der Waals surface area contributed by atoms with E-state index in [-0.39, 0.29) is 0 Å². The fourth-order valence-corrected chi connectivity index (χ4v) is 11.2. The standard InChI is InChI=1S/3C7H15N.5C7H13N.2C7H11N.C6H12N2.C6H10N2/c10*1-7(2)8-5-3-4-6-8;2*1-6(2)8-4-3-7-5-8/h3*7H,3-6H2,1-2H3;4*3,5,7H,4,6H2,1-2H3;3-4,7H,5-6H2,1-2H3;2*3-7H,1-2H3;5-6H,3-4H2,1-2H3;3-6H,1-2H3. The second-order valence-corrected chi connectivity index (χ2v) is 30.0. The number of nitrogens with zero attached hydrogens (tertiary/aromatic N) is 14. The largest absolute Gasteiger partial charge is 0.375 e. The summed E-state index contributed by atoms with van der Waals surface area (Å²) in [7, 11) is 0. The maximum absolute atomic E-state index is 4.09. The molecule has 12 heterocycles. The van der Waals surface area contributed by atoms with E-state index in [9.17, 15) is 0 Å². The highest BCUT2D eigenvalue weighted by molar-refractivity contribution is 5.57. The van der Waals surface area contributed by atoms with Crippen molar-refractivity contribution < 1.29 is 0 Å². The summed E-state index contributed by atoms with van der Waals surface area (Å²) in [5.74, 6) is 0. The third-order valence-corrected chi connectivity index (χ3v) is 18.2. The van der Waals surface area contributed by atoms with Gasteiger partial charge >= 0.3 is 0 Å². The van der Waals surface area contributed by atoms with Gasteiger partial charge < -0.3 is 52.9 Å². The lowest BCUT2D eigenvalue weighted by atomic mass is 10.3. The maximum atomic E-state index is 4.09. The van der Waals surface area contributed by atoms with E-state index in [1.807, 2.05) is 43.1 Å². The Labute approximate surface area is 594 Å². The third-order valence-electron chi connectivity index (χ3n) is 18.2. The Morgan fingerprint density at radius 1 is 0.260 bits per heavy atom. The van der Waals surface area contributed by atoms with Crippen LogP contribution in [0.3, 0.4) is 0 Å². The Morgan fingerprint density at radius 2 is 0.542 bits per heavy atom. The van der Waals surface area contributed by atoms with Crippen LogP contribution in [0.1, 0.15) is 249 Å². The molecule has 3 aromatic rings. The lowest BCUT2D eigenvalue weighted by Crippen LogP contribution is -2.27. The van der Waals surface area contributed by atoms with E-state index in [0.29, 0.717) is 54.4 Å². The van der Waals surface area contributed by atoms with Crippen molar-refractivity contribution in [3.8, 4) is 0 Å². The van der Waals surface area contributed by atoms with Gasteiger partial charge in [-0.05, 0) is 319 Å². The molecule has 3 saturated heterocycles. The zero-order valence-corrected chi connectivity index (χ0v) is 66.9. The highest BCUT2D eigenvalue weighted by Crippen LogP contribution is 2.14. The lowest BCUT2D eigenvalue weighted by molar-refractivity contribution is 0.276. The van der Waals surface area contributed by atoms with Gasteiger partial charge in [0.1, 0.15) is 0 Å². The molecule has 0 amide bonds. The Kier molecular flexibility index (Phi) is 50.0. The van der Waals surface area contributed by atoms with Crippen LogP contribution in [-0.2, 0) is 0 Å².